The summed E-state index contributed by atoms with van der Waals surface area (Å²) in [6.07, 6.45) is 3.24. The normalized spacial score (nSPS) is 12.7. The van der Waals surface area contributed by atoms with Gasteiger partial charge in [0.15, 0.2) is 0 Å². The van der Waals surface area contributed by atoms with Crippen molar-refractivity contribution < 1.29 is 14.3 Å². The van der Waals surface area contributed by atoms with Gasteiger partial charge in [0.2, 0.25) is 0 Å². The van der Waals surface area contributed by atoms with Crippen LogP contribution in [0.5, 0.6) is 0 Å². The third-order valence-corrected chi connectivity index (χ3v) is 3.20. The van der Waals surface area contributed by atoms with Crippen molar-refractivity contribution in [1.82, 2.24) is 9.55 Å². The molecule has 0 radical (unpaired) electrons. The molecule has 0 aliphatic carbocycles. The molecule has 0 fully saturated rings. The molecule has 1 aromatic carbocycles. The first-order valence-corrected chi connectivity index (χ1v) is 5.90. The second-order valence-corrected chi connectivity index (χ2v) is 4.32. The first-order chi connectivity index (χ1) is 9.18. The van der Waals surface area contributed by atoms with E-state index in [-0.39, 0.29) is 11.6 Å². The summed E-state index contributed by atoms with van der Waals surface area (Å²) in [4.78, 5) is 15.6. The highest BCUT2D eigenvalue weighted by Gasteiger charge is 2.18. The molecule has 96 valence electrons. The number of furan rings is 1. The Labute approximate surface area is 109 Å². The molecular weight excluding hydrogens is 244 g/mol. The number of imidazole rings is 1. The van der Waals surface area contributed by atoms with Crippen LogP contribution in [0.25, 0.3) is 11.0 Å². The predicted octanol–water partition coefficient (Wildman–Crippen LogP) is 2.94. The maximum Gasteiger partial charge on any atom is 0.337 e. The summed E-state index contributed by atoms with van der Waals surface area (Å²) in [6.45, 7) is 1.94. The Kier molecular flexibility index (Phi) is 2.59. The molecule has 0 saturated heterocycles. The lowest BCUT2D eigenvalue weighted by atomic mass is 10.1. The van der Waals surface area contributed by atoms with Crippen LogP contribution in [-0.2, 0) is 0 Å². The number of rotatable bonds is 3. The summed E-state index contributed by atoms with van der Waals surface area (Å²) in [5.74, 6) is -0.196. The number of nitrogens with zero attached hydrogens (tertiary/aromatic N) is 2. The van der Waals surface area contributed by atoms with Gasteiger partial charge in [-0.1, -0.05) is 6.07 Å². The van der Waals surface area contributed by atoms with Gasteiger partial charge in [0.25, 0.3) is 0 Å². The molecule has 2 aromatic heterocycles. The number of carbonyl (C=O) groups is 1. The highest BCUT2D eigenvalue weighted by molar-refractivity contribution is 6.01. The predicted molar refractivity (Wildman–Crippen MR) is 69.2 cm³/mol. The van der Waals surface area contributed by atoms with Gasteiger partial charge in [-0.2, -0.15) is 0 Å². The van der Waals surface area contributed by atoms with Gasteiger partial charge in [0.05, 0.1) is 35.2 Å². The van der Waals surface area contributed by atoms with Crippen LogP contribution in [0.1, 0.15) is 29.1 Å². The Morgan fingerprint density at radius 2 is 2.21 bits per heavy atom. The highest BCUT2D eigenvalue weighted by atomic mass is 16.4. The molecule has 0 aliphatic heterocycles. The van der Waals surface area contributed by atoms with E-state index >= 15 is 0 Å². The molecule has 0 spiro atoms. The minimum atomic E-state index is -0.959. The Morgan fingerprint density at radius 1 is 1.37 bits per heavy atom. The summed E-state index contributed by atoms with van der Waals surface area (Å²) in [5.41, 5.74) is 1.52. The van der Waals surface area contributed by atoms with Crippen LogP contribution >= 0.6 is 0 Å². The van der Waals surface area contributed by atoms with Gasteiger partial charge in [-0.05, 0) is 31.2 Å². The van der Waals surface area contributed by atoms with Crippen LogP contribution in [0.4, 0.5) is 0 Å². The molecule has 5 nitrogen and oxygen atoms in total. The number of fused-ring (bicyclic) bond motifs is 1. The zero-order valence-corrected chi connectivity index (χ0v) is 10.3. The van der Waals surface area contributed by atoms with E-state index in [2.05, 4.69) is 4.98 Å². The Bertz CT molecular complexity index is 728. The zero-order chi connectivity index (χ0) is 13.4. The fraction of sp³-hybridized carbons (Fsp3) is 0.143. The van der Waals surface area contributed by atoms with E-state index in [4.69, 9.17) is 4.42 Å². The molecule has 1 atom stereocenters. The van der Waals surface area contributed by atoms with E-state index in [9.17, 15) is 9.90 Å². The molecule has 3 rings (SSSR count). The molecule has 0 bridgehead atoms. The lowest BCUT2D eigenvalue weighted by Crippen LogP contribution is -2.08. The van der Waals surface area contributed by atoms with Gasteiger partial charge in [-0.3, -0.25) is 0 Å². The molecule has 1 N–H and O–H groups in total. The number of benzene rings is 1. The van der Waals surface area contributed by atoms with Crippen molar-refractivity contribution in [3.63, 3.8) is 0 Å². The molecule has 0 aliphatic rings. The summed E-state index contributed by atoms with van der Waals surface area (Å²) in [6, 6.07) is 8.63. The smallest absolute Gasteiger partial charge is 0.337 e. The van der Waals surface area contributed by atoms with Crippen LogP contribution in [0, 0.1) is 0 Å². The minimum Gasteiger partial charge on any atom is -0.478 e. The number of carboxylic acids is 1. The summed E-state index contributed by atoms with van der Waals surface area (Å²) >= 11 is 0. The second-order valence-electron chi connectivity index (χ2n) is 4.32. The molecule has 19 heavy (non-hydrogen) atoms. The number of para-hydroxylation sites is 1. The van der Waals surface area contributed by atoms with Gasteiger partial charge in [-0.25, -0.2) is 9.78 Å². The van der Waals surface area contributed by atoms with Gasteiger partial charge >= 0.3 is 5.97 Å². The number of hydrogen-bond acceptors (Lipinski definition) is 3. The topological polar surface area (TPSA) is 68.3 Å². The zero-order valence-electron chi connectivity index (χ0n) is 10.3. The molecule has 0 amide bonds. The number of hydrogen-bond donors (Lipinski definition) is 1. The lowest BCUT2D eigenvalue weighted by Gasteiger charge is -2.12. The van der Waals surface area contributed by atoms with E-state index in [0.717, 1.165) is 5.76 Å². The molecule has 1 unspecified atom stereocenters. The fourth-order valence-electron chi connectivity index (χ4n) is 2.22. The molecular formula is C14H12N2O3. The van der Waals surface area contributed by atoms with Crippen LogP contribution in [0.3, 0.4) is 0 Å². The summed E-state index contributed by atoms with van der Waals surface area (Å²) < 4.78 is 7.19. The van der Waals surface area contributed by atoms with Gasteiger partial charge in [-0.15, -0.1) is 0 Å². The van der Waals surface area contributed by atoms with Crippen molar-refractivity contribution in [3.8, 4) is 0 Å². The molecule has 0 saturated carbocycles. The number of aromatic nitrogens is 2. The third-order valence-electron chi connectivity index (χ3n) is 3.20. The average Bonchev–Trinajstić information content (AvgIpc) is 3.06. The van der Waals surface area contributed by atoms with Crippen LogP contribution in [0.2, 0.25) is 0 Å². The van der Waals surface area contributed by atoms with E-state index < -0.39 is 5.97 Å². The van der Waals surface area contributed by atoms with Crippen molar-refractivity contribution >= 4 is 17.0 Å². The summed E-state index contributed by atoms with van der Waals surface area (Å²) in [7, 11) is 0. The maximum absolute atomic E-state index is 11.3. The fourth-order valence-corrected chi connectivity index (χ4v) is 2.22. The largest absolute Gasteiger partial charge is 0.478 e. The SMILES string of the molecule is CC(c1ccco1)n1cnc2cccc(C(=O)O)c21. The number of aromatic carboxylic acids is 1. The van der Waals surface area contributed by atoms with Crippen molar-refractivity contribution in [2.24, 2.45) is 0 Å². The van der Waals surface area contributed by atoms with Crippen molar-refractivity contribution in [1.29, 1.82) is 0 Å². The molecule has 5 heteroatoms. The summed E-state index contributed by atoms with van der Waals surface area (Å²) in [5, 5.41) is 9.27. The standard InChI is InChI=1S/C14H12N2O3/c1-9(12-6-3-7-19-12)16-8-15-11-5-2-4-10(13(11)16)14(17)18/h2-9H,1H3,(H,17,18). The van der Waals surface area contributed by atoms with E-state index in [1.807, 2.05) is 23.6 Å². The van der Waals surface area contributed by atoms with Crippen molar-refractivity contribution in [3.05, 3.63) is 54.2 Å². The van der Waals surface area contributed by atoms with E-state index in [1.165, 1.54) is 0 Å². The Balaban J connectivity index is 2.22. The van der Waals surface area contributed by atoms with Crippen LogP contribution in [-0.4, -0.2) is 20.6 Å². The van der Waals surface area contributed by atoms with Crippen LogP contribution < -0.4 is 0 Å². The van der Waals surface area contributed by atoms with Crippen molar-refractivity contribution in [2.75, 3.05) is 0 Å². The second kappa shape index (κ2) is 4.28. The minimum absolute atomic E-state index is 0.111. The highest BCUT2D eigenvalue weighted by Crippen LogP contribution is 2.26. The molecule has 2 heterocycles. The maximum atomic E-state index is 11.3. The van der Waals surface area contributed by atoms with Gasteiger partial charge in [0, 0.05) is 0 Å². The average molecular weight is 256 g/mol. The lowest BCUT2D eigenvalue weighted by molar-refractivity contribution is 0.0698. The molecule has 3 aromatic rings. The van der Waals surface area contributed by atoms with E-state index in [1.54, 1.807) is 30.8 Å². The van der Waals surface area contributed by atoms with Crippen LogP contribution in [0.15, 0.2) is 47.3 Å². The Morgan fingerprint density at radius 3 is 2.89 bits per heavy atom. The van der Waals surface area contributed by atoms with E-state index in [0.29, 0.717) is 11.0 Å². The first-order valence-electron chi connectivity index (χ1n) is 5.90. The quantitative estimate of drug-likeness (QED) is 0.782. The van der Waals surface area contributed by atoms with Crippen molar-refractivity contribution in [2.45, 2.75) is 13.0 Å². The first kappa shape index (κ1) is 11.5. The van der Waals surface area contributed by atoms with Gasteiger partial charge < -0.3 is 14.1 Å². The Hall–Kier alpha value is -2.56. The monoisotopic (exact) mass is 256 g/mol. The third kappa shape index (κ3) is 1.79. The van der Waals surface area contributed by atoms with Gasteiger partial charge in [0.1, 0.15) is 5.76 Å². The number of carboxylic acid groups (broad SMARTS) is 1.